The number of piperidine rings is 1. The number of hydrogen-bond donors (Lipinski definition) is 2. The summed E-state index contributed by atoms with van der Waals surface area (Å²) in [7, 11) is -3.25. The first kappa shape index (κ1) is 22.2. The molecule has 1 fully saturated rings. The van der Waals surface area contributed by atoms with Crippen LogP contribution >= 0.6 is 0 Å². The molecule has 1 aliphatic heterocycles. The molecule has 0 radical (unpaired) electrons. The molecule has 0 saturated carbocycles. The molecule has 0 bridgehead atoms. The van der Waals surface area contributed by atoms with E-state index in [1.807, 2.05) is 0 Å². The summed E-state index contributed by atoms with van der Waals surface area (Å²) in [6, 6.07) is 6.23. The highest BCUT2D eigenvalue weighted by Crippen LogP contribution is 2.21. The number of carbonyl (C=O) groups excluding carboxylic acids is 2. The lowest BCUT2D eigenvalue weighted by Gasteiger charge is -2.29. The second kappa shape index (κ2) is 8.91. The quantitative estimate of drug-likeness (QED) is 0.728. The molecule has 1 aliphatic rings. The topological polar surface area (TPSA) is 95.6 Å². The smallest absolute Gasteiger partial charge is 0.347 e. The van der Waals surface area contributed by atoms with Crippen LogP contribution in [0, 0.1) is 5.92 Å². The van der Waals surface area contributed by atoms with Crippen LogP contribution in [0.25, 0.3) is 0 Å². The predicted octanol–water partition coefficient (Wildman–Crippen LogP) is 1.52. The number of rotatable bonds is 6. The molecule has 0 aromatic heterocycles. The van der Waals surface area contributed by atoms with Crippen LogP contribution in [-0.2, 0) is 26.0 Å². The van der Waals surface area contributed by atoms with E-state index in [9.17, 15) is 31.2 Å². The third-order valence-corrected chi connectivity index (χ3v) is 5.67. The molecule has 0 aliphatic carbocycles. The van der Waals surface area contributed by atoms with E-state index in [-0.39, 0.29) is 18.2 Å². The van der Waals surface area contributed by atoms with Crippen molar-refractivity contribution in [2.75, 3.05) is 31.2 Å². The van der Waals surface area contributed by atoms with Crippen molar-refractivity contribution < 1.29 is 31.2 Å². The number of hydrogen-bond acceptors (Lipinski definition) is 4. The van der Waals surface area contributed by atoms with Crippen molar-refractivity contribution in [3.8, 4) is 0 Å². The van der Waals surface area contributed by atoms with Gasteiger partial charge in [0.15, 0.2) is 0 Å². The lowest BCUT2D eigenvalue weighted by Crippen LogP contribution is -2.40. The second-order valence-electron chi connectivity index (χ2n) is 6.69. The van der Waals surface area contributed by atoms with Gasteiger partial charge in [-0.1, -0.05) is 12.1 Å². The van der Waals surface area contributed by atoms with Gasteiger partial charge in [-0.3, -0.25) is 9.59 Å². The summed E-state index contributed by atoms with van der Waals surface area (Å²) in [4.78, 5) is 23.8. The van der Waals surface area contributed by atoms with Gasteiger partial charge >= 0.3 is 6.18 Å². The van der Waals surface area contributed by atoms with Gasteiger partial charge in [-0.25, -0.2) is 12.7 Å². The first-order valence-electron chi connectivity index (χ1n) is 8.62. The Balaban J connectivity index is 1.82. The fourth-order valence-electron chi connectivity index (χ4n) is 2.85. The van der Waals surface area contributed by atoms with Crippen molar-refractivity contribution in [2.24, 2.45) is 5.92 Å². The molecular formula is C17H22F3N3O4S. The molecule has 1 aromatic carbocycles. The molecule has 11 heteroatoms. The lowest BCUT2D eigenvalue weighted by molar-refractivity contribution is -0.138. The van der Waals surface area contributed by atoms with Crippen molar-refractivity contribution in [3.63, 3.8) is 0 Å². The van der Waals surface area contributed by atoms with Crippen molar-refractivity contribution in [2.45, 2.75) is 25.4 Å². The number of halogens is 3. The maximum Gasteiger partial charge on any atom is 0.405 e. The highest BCUT2D eigenvalue weighted by Gasteiger charge is 2.29. The van der Waals surface area contributed by atoms with Crippen LogP contribution in [0.3, 0.4) is 0 Å². The number of anilines is 1. The van der Waals surface area contributed by atoms with E-state index in [1.54, 1.807) is 29.6 Å². The van der Waals surface area contributed by atoms with Gasteiger partial charge < -0.3 is 10.6 Å². The summed E-state index contributed by atoms with van der Waals surface area (Å²) in [6.45, 7) is -0.788. The van der Waals surface area contributed by atoms with Crippen molar-refractivity contribution in [1.82, 2.24) is 9.62 Å². The minimum Gasteiger partial charge on any atom is -0.347 e. The van der Waals surface area contributed by atoms with Crippen molar-refractivity contribution >= 4 is 27.5 Å². The fraction of sp³-hybridized carbons (Fsp3) is 0.529. The molecule has 1 aromatic rings. The van der Waals surface area contributed by atoms with Gasteiger partial charge in [-0.05, 0) is 30.5 Å². The number of nitrogens with zero attached hydrogens (tertiary/aromatic N) is 1. The summed E-state index contributed by atoms with van der Waals surface area (Å²) in [5.41, 5.74) is 1.01. The molecule has 28 heavy (non-hydrogen) atoms. The number of alkyl halides is 3. The standard InChI is InChI=1S/C17H22F3N3O4S/c1-28(26,27)23-8-6-13(7-9-23)16(25)22-14-4-2-12(3-5-14)10-15(24)21-11-17(18,19)20/h2-5,13H,6-11H2,1H3,(H,21,24)(H,22,25). The molecule has 2 N–H and O–H groups in total. The molecule has 2 rings (SSSR count). The van der Waals surface area contributed by atoms with E-state index >= 15 is 0 Å². The maximum absolute atomic E-state index is 12.3. The van der Waals surface area contributed by atoms with Gasteiger partial charge in [0.1, 0.15) is 6.54 Å². The summed E-state index contributed by atoms with van der Waals surface area (Å²) < 4.78 is 60.6. The Hall–Kier alpha value is -2.14. The highest BCUT2D eigenvalue weighted by atomic mass is 32.2. The highest BCUT2D eigenvalue weighted by molar-refractivity contribution is 7.88. The Morgan fingerprint density at radius 3 is 2.21 bits per heavy atom. The minimum absolute atomic E-state index is 0.200. The third kappa shape index (κ3) is 7.12. The normalized spacial score (nSPS) is 16.6. The summed E-state index contributed by atoms with van der Waals surface area (Å²) in [5.74, 6) is -1.26. The zero-order chi connectivity index (χ0) is 20.9. The van der Waals surface area contributed by atoms with E-state index in [4.69, 9.17) is 0 Å². The van der Waals surface area contributed by atoms with Crippen molar-refractivity contribution in [3.05, 3.63) is 29.8 Å². The van der Waals surface area contributed by atoms with Crippen LogP contribution in [0.1, 0.15) is 18.4 Å². The zero-order valence-electron chi connectivity index (χ0n) is 15.3. The fourth-order valence-corrected chi connectivity index (χ4v) is 3.72. The predicted molar refractivity (Wildman–Crippen MR) is 97.0 cm³/mol. The Kier molecular flexibility index (Phi) is 7.05. The van der Waals surface area contributed by atoms with Crippen LogP contribution in [0.4, 0.5) is 18.9 Å². The molecule has 0 unspecified atom stereocenters. The van der Waals surface area contributed by atoms with Gasteiger partial charge in [0.05, 0.1) is 12.7 Å². The largest absolute Gasteiger partial charge is 0.405 e. The molecule has 1 heterocycles. The van der Waals surface area contributed by atoms with E-state index < -0.39 is 28.7 Å². The average molecular weight is 421 g/mol. The number of carbonyl (C=O) groups is 2. The lowest BCUT2D eigenvalue weighted by atomic mass is 9.97. The number of sulfonamides is 1. The first-order valence-corrected chi connectivity index (χ1v) is 10.5. The molecule has 2 amide bonds. The second-order valence-corrected chi connectivity index (χ2v) is 8.67. The van der Waals surface area contributed by atoms with Crippen LogP contribution in [0.5, 0.6) is 0 Å². The van der Waals surface area contributed by atoms with Gasteiger partial charge in [0.25, 0.3) is 0 Å². The molecule has 7 nitrogen and oxygen atoms in total. The van der Waals surface area contributed by atoms with Gasteiger partial charge in [0, 0.05) is 24.7 Å². The molecule has 0 spiro atoms. The molecule has 1 saturated heterocycles. The first-order chi connectivity index (χ1) is 12.9. The van der Waals surface area contributed by atoms with Crippen LogP contribution in [0.15, 0.2) is 24.3 Å². The van der Waals surface area contributed by atoms with Gasteiger partial charge in [0.2, 0.25) is 21.8 Å². The Morgan fingerprint density at radius 1 is 1.14 bits per heavy atom. The summed E-state index contributed by atoms with van der Waals surface area (Å²) in [5, 5.41) is 4.53. The van der Waals surface area contributed by atoms with Crippen LogP contribution < -0.4 is 10.6 Å². The monoisotopic (exact) mass is 421 g/mol. The molecule has 0 atom stereocenters. The van der Waals surface area contributed by atoms with Crippen LogP contribution in [0.2, 0.25) is 0 Å². The Morgan fingerprint density at radius 2 is 1.71 bits per heavy atom. The van der Waals surface area contributed by atoms with Gasteiger partial charge in [-0.15, -0.1) is 0 Å². The number of nitrogens with one attached hydrogen (secondary N) is 2. The summed E-state index contributed by atoms with van der Waals surface area (Å²) in [6.07, 6.45) is -2.67. The number of benzene rings is 1. The third-order valence-electron chi connectivity index (χ3n) is 4.37. The Bertz CT molecular complexity index is 802. The number of amides is 2. The Labute approximate surface area is 161 Å². The van der Waals surface area contributed by atoms with E-state index in [0.717, 1.165) is 6.26 Å². The van der Waals surface area contributed by atoms with Gasteiger partial charge in [-0.2, -0.15) is 13.2 Å². The molecular weight excluding hydrogens is 399 g/mol. The maximum atomic E-state index is 12.3. The average Bonchev–Trinajstić information content (AvgIpc) is 2.60. The van der Waals surface area contributed by atoms with Crippen molar-refractivity contribution in [1.29, 1.82) is 0 Å². The minimum atomic E-state index is -4.46. The SMILES string of the molecule is CS(=O)(=O)N1CCC(C(=O)Nc2ccc(CC(=O)NCC(F)(F)F)cc2)CC1. The summed E-state index contributed by atoms with van der Waals surface area (Å²) >= 11 is 0. The molecule has 156 valence electrons. The van der Waals surface area contributed by atoms with Crippen LogP contribution in [-0.4, -0.2) is 56.6 Å². The zero-order valence-corrected chi connectivity index (χ0v) is 16.1. The van der Waals surface area contributed by atoms with E-state index in [2.05, 4.69) is 5.32 Å². The van der Waals surface area contributed by atoms with E-state index in [1.165, 1.54) is 4.31 Å². The van der Waals surface area contributed by atoms with E-state index in [0.29, 0.717) is 37.2 Å².